The van der Waals surface area contributed by atoms with Gasteiger partial charge in [0.1, 0.15) is 22.3 Å². The number of aryl methyl sites for hydroxylation is 4. The second kappa shape index (κ2) is 19.7. The van der Waals surface area contributed by atoms with Gasteiger partial charge in [-0.25, -0.2) is 0 Å². The van der Waals surface area contributed by atoms with Gasteiger partial charge < -0.3 is 18.6 Å². The quantitative estimate of drug-likeness (QED) is 0.137. The van der Waals surface area contributed by atoms with Crippen LogP contribution in [0.2, 0.25) is 0 Å². The molecule has 0 spiro atoms. The molecule has 0 bridgehead atoms. The Hall–Kier alpha value is -10.4. The zero-order chi connectivity index (χ0) is 55.0. The molecule has 0 amide bonds. The third-order valence-electron chi connectivity index (χ3n) is 16.7. The molecule has 4 heteroatoms. The number of hydrogen-bond acceptors (Lipinski definition) is 4. The molecular formula is C78H56N2O2. The lowest BCUT2D eigenvalue weighted by Crippen LogP contribution is -2.13. The van der Waals surface area contributed by atoms with Gasteiger partial charge in [0.2, 0.25) is 0 Å². The molecule has 15 rings (SSSR count). The molecule has 390 valence electrons. The van der Waals surface area contributed by atoms with Crippen LogP contribution in [0.4, 0.5) is 34.1 Å². The predicted octanol–water partition coefficient (Wildman–Crippen LogP) is 22.6. The maximum atomic E-state index is 6.82. The predicted molar refractivity (Wildman–Crippen MR) is 346 cm³/mol. The smallest absolute Gasteiger partial charge is 0.139 e. The highest BCUT2D eigenvalue weighted by atomic mass is 16.3. The van der Waals surface area contributed by atoms with Crippen LogP contribution in [0.1, 0.15) is 22.3 Å². The molecule has 13 aromatic carbocycles. The maximum Gasteiger partial charge on any atom is 0.139 e. The zero-order valence-electron chi connectivity index (χ0n) is 46.1. The van der Waals surface area contributed by atoms with Gasteiger partial charge in [0, 0.05) is 61.7 Å². The van der Waals surface area contributed by atoms with Gasteiger partial charge in [-0.2, -0.15) is 0 Å². The van der Waals surface area contributed by atoms with Crippen LogP contribution in [0.5, 0.6) is 0 Å². The minimum Gasteiger partial charge on any atom is -0.456 e. The summed E-state index contributed by atoms with van der Waals surface area (Å²) in [6, 6.07) is 96.8. The van der Waals surface area contributed by atoms with Crippen molar-refractivity contribution in [2.75, 3.05) is 9.80 Å². The van der Waals surface area contributed by atoms with Crippen molar-refractivity contribution in [1.82, 2.24) is 0 Å². The second-order valence-corrected chi connectivity index (χ2v) is 21.9. The summed E-state index contributed by atoms with van der Waals surface area (Å²) < 4.78 is 13.6. The van der Waals surface area contributed by atoms with Crippen molar-refractivity contribution in [2.24, 2.45) is 0 Å². The SMILES string of the molecule is Cc1ccc(-c2ccccc2)cc1N(c1ccc2cc3c(cc2c1)oc1cc2oc4cc5cc(N(c6cc(-c7ccccc7)ccc6C)c6cc(-c7ccccc7)ccc6C)ccc5cc4c2cc13)c1cc(-c2ccccc2)ccc1C. The van der Waals surface area contributed by atoms with E-state index in [1.54, 1.807) is 0 Å². The highest BCUT2D eigenvalue weighted by Gasteiger charge is 2.23. The maximum absolute atomic E-state index is 6.82. The first-order chi connectivity index (χ1) is 40.2. The summed E-state index contributed by atoms with van der Waals surface area (Å²) in [4.78, 5) is 4.87. The fraction of sp³-hybridized carbons (Fsp3) is 0.0513. The molecule has 0 fully saturated rings. The number of benzene rings is 13. The largest absolute Gasteiger partial charge is 0.456 e. The van der Waals surface area contributed by atoms with Gasteiger partial charge >= 0.3 is 0 Å². The first-order valence-electron chi connectivity index (χ1n) is 28.2. The summed E-state index contributed by atoms with van der Waals surface area (Å²) >= 11 is 0. The molecule has 0 radical (unpaired) electrons. The molecule has 0 saturated heterocycles. The van der Waals surface area contributed by atoms with Gasteiger partial charge in [-0.15, -0.1) is 0 Å². The van der Waals surface area contributed by atoms with E-state index in [-0.39, 0.29) is 0 Å². The summed E-state index contributed by atoms with van der Waals surface area (Å²) in [5.41, 5.74) is 24.1. The number of nitrogens with zero attached hydrogens (tertiary/aromatic N) is 2. The van der Waals surface area contributed by atoms with Crippen LogP contribution in [0, 0.1) is 27.7 Å². The standard InChI is InChI=1S/C78H56N2O2/c1-49-25-29-59(53-17-9-5-10-18-53)41-71(49)79(72-42-60(30-26-50(72)2)54-19-11-6-12-20-54)65-35-33-57-39-67-69-47-70-68-40-58-34-36-66(38-64(58)46-76(68)82-78(70)48-77(69)81-75(67)45-63(57)37-65)80(73-43-61(31-27-51(73)3)55-21-13-7-14-22-55)74-44-62(32-28-52(74)4)56-23-15-8-16-24-56/h5-48H,1-4H3. The Morgan fingerprint density at radius 1 is 0.220 bits per heavy atom. The summed E-state index contributed by atoms with van der Waals surface area (Å²) in [6.45, 7) is 8.84. The van der Waals surface area contributed by atoms with Gasteiger partial charge in [0.15, 0.2) is 0 Å². The molecule has 2 heterocycles. The van der Waals surface area contributed by atoms with E-state index in [0.29, 0.717) is 0 Å². The molecule has 0 unspecified atom stereocenters. The van der Waals surface area contributed by atoms with Crippen LogP contribution < -0.4 is 9.80 Å². The molecule has 0 atom stereocenters. The molecule has 0 N–H and O–H groups in total. The monoisotopic (exact) mass is 1050 g/mol. The Bertz CT molecular complexity index is 4470. The van der Waals surface area contributed by atoms with Crippen LogP contribution in [-0.4, -0.2) is 0 Å². The summed E-state index contributed by atoms with van der Waals surface area (Å²) in [5.74, 6) is 0. The van der Waals surface area contributed by atoms with Crippen LogP contribution in [0.25, 0.3) is 110 Å². The topological polar surface area (TPSA) is 32.8 Å². The average Bonchev–Trinajstić information content (AvgIpc) is 4.27. The molecule has 0 aliphatic heterocycles. The van der Waals surface area contributed by atoms with E-state index >= 15 is 0 Å². The number of anilines is 6. The van der Waals surface area contributed by atoms with Gasteiger partial charge in [-0.05, 0) is 195 Å². The van der Waals surface area contributed by atoms with Crippen LogP contribution >= 0.6 is 0 Å². The Balaban J connectivity index is 0.832. The highest BCUT2D eigenvalue weighted by molar-refractivity contribution is 6.18. The number of fused-ring (bicyclic) bond motifs is 8. The average molecular weight is 1050 g/mol. The summed E-state index contributed by atoms with van der Waals surface area (Å²) in [6.07, 6.45) is 0. The van der Waals surface area contributed by atoms with E-state index in [9.17, 15) is 0 Å². The molecule has 2 aromatic heterocycles. The minimum atomic E-state index is 0.795. The van der Waals surface area contributed by atoms with E-state index < -0.39 is 0 Å². The summed E-state index contributed by atoms with van der Waals surface area (Å²) in [5, 5.41) is 8.74. The van der Waals surface area contributed by atoms with Crippen molar-refractivity contribution in [2.45, 2.75) is 27.7 Å². The Labute approximate surface area is 477 Å². The fourth-order valence-electron chi connectivity index (χ4n) is 12.2. The van der Waals surface area contributed by atoms with Gasteiger partial charge in [0.25, 0.3) is 0 Å². The lowest BCUT2D eigenvalue weighted by atomic mass is 9.98. The molecule has 0 saturated carbocycles. The van der Waals surface area contributed by atoms with Crippen molar-refractivity contribution in [1.29, 1.82) is 0 Å². The Kier molecular flexibility index (Phi) is 11.7. The van der Waals surface area contributed by atoms with Gasteiger partial charge in [0.05, 0.1) is 0 Å². The first kappa shape index (κ1) is 48.7. The molecule has 0 aliphatic carbocycles. The fourth-order valence-corrected chi connectivity index (χ4v) is 12.2. The van der Waals surface area contributed by atoms with E-state index in [2.05, 4.69) is 304 Å². The van der Waals surface area contributed by atoms with Crippen molar-refractivity contribution >= 4 is 99.5 Å². The lowest BCUT2D eigenvalue weighted by molar-refractivity contribution is 0.656. The lowest BCUT2D eigenvalue weighted by Gasteiger charge is -2.30. The summed E-state index contributed by atoms with van der Waals surface area (Å²) in [7, 11) is 0. The van der Waals surface area contributed by atoms with Crippen molar-refractivity contribution in [3.63, 3.8) is 0 Å². The van der Waals surface area contributed by atoms with Gasteiger partial charge in [-0.1, -0.05) is 182 Å². The third kappa shape index (κ3) is 8.56. The minimum absolute atomic E-state index is 0.795. The molecule has 15 aromatic rings. The number of hydrogen-bond donors (Lipinski definition) is 0. The molecule has 82 heavy (non-hydrogen) atoms. The number of rotatable bonds is 10. The van der Waals surface area contributed by atoms with E-state index in [0.717, 1.165) is 99.5 Å². The van der Waals surface area contributed by atoms with Crippen LogP contribution in [0.3, 0.4) is 0 Å². The first-order valence-corrected chi connectivity index (χ1v) is 28.2. The van der Waals surface area contributed by atoms with E-state index in [4.69, 9.17) is 8.83 Å². The second-order valence-electron chi connectivity index (χ2n) is 21.9. The number of furan rings is 2. The van der Waals surface area contributed by atoms with Gasteiger partial charge in [-0.3, -0.25) is 0 Å². The molecular weight excluding hydrogens is 997 g/mol. The van der Waals surface area contributed by atoms with E-state index in [1.807, 2.05) is 0 Å². The third-order valence-corrected chi connectivity index (χ3v) is 16.7. The Morgan fingerprint density at radius 2 is 0.512 bits per heavy atom. The van der Waals surface area contributed by atoms with Crippen molar-refractivity contribution in [3.8, 4) is 44.5 Å². The van der Waals surface area contributed by atoms with E-state index in [1.165, 1.54) is 66.8 Å². The van der Waals surface area contributed by atoms with Crippen LogP contribution in [-0.2, 0) is 0 Å². The van der Waals surface area contributed by atoms with Crippen LogP contribution in [0.15, 0.2) is 276 Å². The highest BCUT2D eigenvalue weighted by Crippen LogP contribution is 2.47. The van der Waals surface area contributed by atoms with Crippen molar-refractivity contribution in [3.05, 3.63) is 289 Å². The molecule has 0 aliphatic rings. The van der Waals surface area contributed by atoms with Crippen molar-refractivity contribution < 1.29 is 8.83 Å². The Morgan fingerprint density at radius 3 is 0.829 bits per heavy atom. The molecule has 4 nitrogen and oxygen atoms in total. The zero-order valence-corrected chi connectivity index (χ0v) is 46.1. The normalized spacial score (nSPS) is 11.7.